The van der Waals surface area contributed by atoms with E-state index in [9.17, 15) is 4.79 Å². The fourth-order valence-corrected chi connectivity index (χ4v) is 3.95. The lowest BCUT2D eigenvalue weighted by Gasteiger charge is -2.37. The predicted octanol–water partition coefficient (Wildman–Crippen LogP) is 4.70. The minimum Gasteiger partial charge on any atom is -0.414 e. The summed E-state index contributed by atoms with van der Waals surface area (Å²) in [4.78, 5) is 11.4. The number of carbonyl (C=O) groups is 1. The van der Waals surface area contributed by atoms with Gasteiger partial charge in [-0.15, -0.1) is 0 Å². The van der Waals surface area contributed by atoms with Gasteiger partial charge >= 0.3 is 0 Å². The van der Waals surface area contributed by atoms with E-state index in [1.807, 2.05) is 44.2 Å². The van der Waals surface area contributed by atoms with Crippen molar-refractivity contribution in [3.05, 3.63) is 35.9 Å². The van der Waals surface area contributed by atoms with Crippen LogP contribution in [0.4, 0.5) is 0 Å². The van der Waals surface area contributed by atoms with Gasteiger partial charge in [0.05, 0.1) is 25.4 Å². The van der Waals surface area contributed by atoms with Crippen LogP contribution in [-0.2, 0) is 30.0 Å². The van der Waals surface area contributed by atoms with Gasteiger partial charge in [0, 0.05) is 6.42 Å². The molecule has 1 aromatic rings. The Morgan fingerprint density at radius 2 is 1.82 bits per heavy atom. The molecular formula is C22H36O5Si. The van der Waals surface area contributed by atoms with Gasteiger partial charge in [-0.05, 0) is 37.5 Å². The number of carbonyl (C=O) groups excluding carboxylic acids is 1. The largest absolute Gasteiger partial charge is 0.414 e. The third-order valence-corrected chi connectivity index (χ3v) is 10.1. The quantitative estimate of drug-likeness (QED) is 0.438. The molecule has 158 valence electrons. The molecule has 1 saturated heterocycles. The van der Waals surface area contributed by atoms with Crippen LogP contribution < -0.4 is 0 Å². The van der Waals surface area contributed by atoms with E-state index >= 15 is 0 Å². The monoisotopic (exact) mass is 408 g/mol. The van der Waals surface area contributed by atoms with Crippen LogP contribution in [0.25, 0.3) is 0 Å². The maximum atomic E-state index is 11.4. The SMILES string of the molecule is CC1(C)O[C@@H](C[C@@H](CO[Si](C)(C)C(C)(C)C)OCc2ccccc2)[C@@H](C=O)O1. The average Bonchev–Trinajstić information content (AvgIpc) is 2.90. The van der Waals surface area contributed by atoms with Gasteiger partial charge in [-0.1, -0.05) is 51.1 Å². The lowest BCUT2D eigenvalue weighted by molar-refractivity contribution is -0.152. The van der Waals surface area contributed by atoms with Crippen LogP contribution in [0, 0.1) is 0 Å². The maximum absolute atomic E-state index is 11.4. The van der Waals surface area contributed by atoms with Crippen LogP contribution in [0.2, 0.25) is 18.1 Å². The molecule has 3 atom stereocenters. The Balaban J connectivity index is 2.06. The average molecular weight is 409 g/mol. The minimum absolute atomic E-state index is 0.122. The first-order valence-electron chi connectivity index (χ1n) is 10.0. The summed E-state index contributed by atoms with van der Waals surface area (Å²) in [5, 5.41) is 0.122. The topological polar surface area (TPSA) is 54.0 Å². The van der Waals surface area contributed by atoms with E-state index in [1.165, 1.54) is 0 Å². The molecule has 0 aromatic heterocycles. The van der Waals surface area contributed by atoms with Crippen LogP contribution in [0.1, 0.15) is 46.6 Å². The molecule has 28 heavy (non-hydrogen) atoms. The molecule has 1 aromatic carbocycles. The normalized spacial score (nSPS) is 23.5. The zero-order valence-electron chi connectivity index (χ0n) is 18.4. The van der Waals surface area contributed by atoms with Gasteiger partial charge in [-0.25, -0.2) is 0 Å². The van der Waals surface area contributed by atoms with Gasteiger partial charge < -0.3 is 23.4 Å². The molecule has 0 N–H and O–H groups in total. The van der Waals surface area contributed by atoms with Crippen molar-refractivity contribution in [2.75, 3.05) is 6.61 Å². The van der Waals surface area contributed by atoms with Crippen molar-refractivity contribution < 1.29 is 23.4 Å². The predicted molar refractivity (Wildman–Crippen MR) is 113 cm³/mol. The Labute approximate surface area is 170 Å². The van der Waals surface area contributed by atoms with Crippen LogP contribution in [0.15, 0.2) is 30.3 Å². The molecule has 0 unspecified atom stereocenters. The van der Waals surface area contributed by atoms with E-state index < -0.39 is 20.2 Å². The molecule has 0 amide bonds. The van der Waals surface area contributed by atoms with Gasteiger partial charge in [0.1, 0.15) is 6.10 Å². The summed E-state index contributed by atoms with van der Waals surface area (Å²) in [6, 6.07) is 10.1. The summed E-state index contributed by atoms with van der Waals surface area (Å²) >= 11 is 0. The Hall–Kier alpha value is -1.05. The fourth-order valence-electron chi connectivity index (χ4n) is 2.91. The highest BCUT2D eigenvalue weighted by molar-refractivity contribution is 6.74. The third-order valence-electron chi connectivity index (χ3n) is 5.62. The van der Waals surface area contributed by atoms with Gasteiger partial charge in [0.2, 0.25) is 0 Å². The van der Waals surface area contributed by atoms with E-state index in [-0.39, 0.29) is 17.2 Å². The Kier molecular flexibility index (Phi) is 7.61. The van der Waals surface area contributed by atoms with Gasteiger partial charge in [0.25, 0.3) is 0 Å². The Morgan fingerprint density at radius 1 is 1.18 bits per heavy atom. The molecule has 2 rings (SSSR count). The highest BCUT2D eigenvalue weighted by Crippen LogP contribution is 2.37. The van der Waals surface area contributed by atoms with E-state index in [1.54, 1.807) is 0 Å². The van der Waals surface area contributed by atoms with Crippen molar-refractivity contribution in [3.8, 4) is 0 Å². The van der Waals surface area contributed by atoms with E-state index in [0.29, 0.717) is 19.6 Å². The molecule has 1 aliphatic rings. The summed E-state index contributed by atoms with van der Waals surface area (Å²) in [5.41, 5.74) is 1.11. The van der Waals surface area contributed by atoms with Crippen molar-refractivity contribution in [3.63, 3.8) is 0 Å². The highest BCUT2D eigenvalue weighted by atomic mass is 28.4. The molecular weight excluding hydrogens is 372 g/mol. The first kappa shape index (κ1) is 23.2. The van der Waals surface area contributed by atoms with Crippen LogP contribution in [0.3, 0.4) is 0 Å². The smallest absolute Gasteiger partial charge is 0.192 e. The van der Waals surface area contributed by atoms with Crippen molar-refractivity contribution in [2.45, 2.75) is 89.9 Å². The summed E-state index contributed by atoms with van der Waals surface area (Å²) in [6.07, 6.45) is 0.276. The number of rotatable bonds is 9. The molecule has 0 radical (unpaired) electrons. The van der Waals surface area contributed by atoms with Gasteiger partial charge in [-0.2, -0.15) is 0 Å². The van der Waals surface area contributed by atoms with Crippen molar-refractivity contribution in [1.82, 2.24) is 0 Å². The summed E-state index contributed by atoms with van der Waals surface area (Å²) in [7, 11) is -1.91. The molecule has 1 fully saturated rings. The zero-order valence-corrected chi connectivity index (χ0v) is 19.4. The van der Waals surface area contributed by atoms with Crippen LogP contribution in [-0.4, -0.2) is 45.3 Å². The number of hydrogen-bond acceptors (Lipinski definition) is 5. The molecule has 1 heterocycles. The fraction of sp³-hybridized carbons (Fsp3) is 0.682. The molecule has 0 aliphatic carbocycles. The number of hydrogen-bond donors (Lipinski definition) is 0. The summed E-state index contributed by atoms with van der Waals surface area (Å²) in [6.45, 7) is 15.8. The second-order valence-corrected chi connectivity index (χ2v) is 14.3. The minimum atomic E-state index is -1.91. The molecule has 0 bridgehead atoms. The molecule has 6 heteroatoms. The second-order valence-electron chi connectivity index (χ2n) is 9.50. The van der Waals surface area contributed by atoms with Gasteiger partial charge in [0.15, 0.2) is 20.4 Å². The molecule has 0 saturated carbocycles. The van der Waals surface area contributed by atoms with E-state index in [4.69, 9.17) is 18.6 Å². The Morgan fingerprint density at radius 3 is 2.39 bits per heavy atom. The second kappa shape index (κ2) is 9.18. The standard InChI is InChI=1S/C22H36O5Si/c1-21(2,3)28(6,7)25-16-18(24-15-17-11-9-8-10-12-17)13-19-20(14-23)27-22(4,5)26-19/h8-12,14,18-20H,13,15-16H2,1-7H3/t18-,19-,20+/m0/s1. The summed E-state index contributed by atoms with van der Waals surface area (Å²) in [5.74, 6) is -0.763. The molecule has 1 aliphatic heterocycles. The van der Waals surface area contributed by atoms with Crippen LogP contribution >= 0.6 is 0 Å². The lowest BCUT2D eigenvalue weighted by Crippen LogP contribution is -2.43. The lowest BCUT2D eigenvalue weighted by atomic mass is 10.1. The van der Waals surface area contributed by atoms with Crippen molar-refractivity contribution in [2.24, 2.45) is 0 Å². The first-order valence-corrected chi connectivity index (χ1v) is 12.9. The number of aldehydes is 1. The van der Waals surface area contributed by atoms with Gasteiger partial charge in [-0.3, -0.25) is 0 Å². The molecule has 5 nitrogen and oxygen atoms in total. The highest BCUT2D eigenvalue weighted by Gasteiger charge is 2.43. The van der Waals surface area contributed by atoms with Crippen molar-refractivity contribution in [1.29, 1.82) is 0 Å². The third kappa shape index (κ3) is 6.49. The summed E-state index contributed by atoms with van der Waals surface area (Å²) < 4.78 is 24.3. The zero-order chi connectivity index (χ0) is 21.0. The first-order chi connectivity index (χ1) is 12.9. The number of benzene rings is 1. The Bertz CT molecular complexity index is 624. The maximum Gasteiger partial charge on any atom is 0.192 e. The van der Waals surface area contributed by atoms with Crippen molar-refractivity contribution >= 4 is 14.6 Å². The van der Waals surface area contributed by atoms with E-state index in [2.05, 4.69) is 33.9 Å². The number of ether oxygens (including phenoxy) is 3. The molecule has 0 spiro atoms. The van der Waals surface area contributed by atoms with E-state index in [0.717, 1.165) is 11.8 Å². The van der Waals surface area contributed by atoms with Crippen LogP contribution in [0.5, 0.6) is 0 Å².